The van der Waals surface area contributed by atoms with E-state index in [1.807, 2.05) is 13.8 Å². The van der Waals surface area contributed by atoms with Gasteiger partial charge in [0, 0.05) is 5.92 Å². The maximum Gasteiger partial charge on any atom is 0.271 e. The summed E-state index contributed by atoms with van der Waals surface area (Å²) in [4.78, 5) is 23.4. The van der Waals surface area contributed by atoms with Crippen LogP contribution in [-0.2, 0) is 4.79 Å². The number of hydrazine groups is 1. The Morgan fingerprint density at radius 3 is 2.33 bits per heavy atom. The highest BCUT2D eigenvalue weighted by molar-refractivity contribution is 6.33. The fourth-order valence-electron chi connectivity index (χ4n) is 1.59. The van der Waals surface area contributed by atoms with Crippen molar-refractivity contribution in [2.75, 3.05) is 0 Å². The summed E-state index contributed by atoms with van der Waals surface area (Å²) < 4.78 is 0. The van der Waals surface area contributed by atoms with E-state index in [1.54, 1.807) is 24.3 Å². The van der Waals surface area contributed by atoms with Crippen molar-refractivity contribution in [3.63, 3.8) is 0 Å². The van der Waals surface area contributed by atoms with E-state index in [-0.39, 0.29) is 11.8 Å². The van der Waals surface area contributed by atoms with Crippen LogP contribution in [0.4, 0.5) is 0 Å². The molecule has 0 radical (unpaired) electrons. The Bertz CT molecular complexity index is 431. The standard InChI is InChI=1S/C13H17ClN2O2/c1-3-9(4-2)12(17)15-16-13(18)10-7-5-6-8-11(10)14/h5-9H,3-4H2,1-2H3,(H,15,17)(H,16,18). The molecule has 0 fully saturated rings. The van der Waals surface area contributed by atoms with Crippen LogP contribution in [0.3, 0.4) is 0 Å². The first-order valence-electron chi connectivity index (χ1n) is 5.94. The molecule has 4 nitrogen and oxygen atoms in total. The van der Waals surface area contributed by atoms with Crippen LogP contribution in [-0.4, -0.2) is 11.8 Å². The van der Waals surface area contributed by atoms with Gasteiger partial charge in [-0.3, -0.25) is 20.4 Å². The van der Waals surface area contributed by atoms with Crippen molar-refractivity contribution in [1.29, 1.82) is 0 Å². The molecule has 1 rings (SSSR count). The molecule has 0 spiro atoms. The summed E-state index contributed by atoms with van der Waals surface area (Å²) in [5.41, 5.74) is 5.12. The van der Waals surface area contributed by atoms with Gasteiger partial charge in [0.15, 0.2) is 0 Å². The first kappa shape index (κ1) is 14.5. The number of hydrogen-bond donors (Lipinski definition) is 2. The second-order valence-corrected chi connectivity index (χ2v) is 4.34. The van der Waals surface area contributed by atoms with Crippen LogP contribution >= 0.6 is 11.6 Å². The van der Waals surface area contributed by atoms with Gasteiger partial charge < -0.3 is 0 Å². The average Bonchev–Trinajstić information content (AvgIpc) is 2.38. The molecule has 0 aliphatic heterocycles. The van der Waals surface area contributed by atoms with E-state index >= 15 is 0 Å². The lowest BCUT2D eigenvalue weighted by molar-refractivity contribution is -0.125. The van der Waals surface area contributed by atoms with Crippen molar-refractivity contribution in [3.8, 4) is 0 Å². The van der Waals surface area contributed by atoms with Gasteiger partial charge in [-0.1, -0.05) is 37.6 Å². The summed E-state index contributed by atoms with van der Waals surface area (Å²) in [5.74, 6) is -0.683. The normalized spacial score (nSPS) is 10.2. The van der Waals surface area contributed by atoms with Crippen molar-refractivity contribution in [2.24, 2.45) is 5.92 Å². The number of nitrogens with one attached hydrogen (secondary N) is 2. The Labute approximate surface area is 112 Å². The summed E-state index contributed by atoms with van der Waals surface area (Å²) in [7, 11) is 0. The van der Waals surface area contributed by atoms with Gasteiger partial charge in [-0.2, -0.15) is 0 Å². The van der Waals surface area contributed by atoms with Crippen molar-refractivity contribution >= 4 is 23.4 Å². The van der Waals surface area contributed by atoms with Crippen LogP contribution < -0.4 is 10.9 Å². The second kappa shape index (κ2) is 7.01. The summed E-state index contributed by atoms with van der Waals surface area (Å²) in [6.45, 7) is 3.87. The molecular formula is C13H17ClN2O2. The molecule has 0 saturated heterocycles. The third-order valence-electron chi connectivity index (χ3n) is 2.77. The molecule has 0 unspecified atom stereocenters. The molecule has 2 N–H and O–H groups in total. The summed E-state index contributed by atoms with van der Waals surface area (Å²) >= 11 is 5.88. The first-order valence-corrected chi connectivity index (χ1v) is 6.32. The molecule has 0 bridgehead atoms. The lowest BCUT2D eigenvalue weighted by Gasteiger charge is -2.13. The van der Waals surface area contributed by atoms with Crippen LogP contribution in [0.1, 0.15) is 37.0 Å². The molecule has 18 heavy (non-hydrogen) atoms. The zero-order valence-corrected chi connectivity index (χ0v) is 11.3. The lowest BCUT2D eigenvalue weighted by atomic mass is 10.0. The number of benzene rings is 1. The molecule has 0 aromatic heterocycles. The van der Waals surface area contributed by atoms with E-state index in [4.69, 9.17) is 11.6 Å². The summed E-state index contributed by atoms with van der Waals surface area (Å²) in [6.07, 6.45) is 1.48. The van der Waals surface area contributed by atoms with Crippen LogP contribution in [0.2, 0.25) is 5.02 Å². The first-order chi connectivity index (χ1) is 8.60. The van der Waals surface area contributed by atoms with Crippen molar-refractivity contribution < 1.29 is 9.59 Å². The van der Waals surface area contributed by atoms with Gasteiger partial charge in [-0.25, -0.2) is 0 Å². The number of amides is 2. The molecule has 1 aromatic rings. The number of halogens is 1. The molecular weight excluding hydrogens is 252 g/mol. The van der Waals surface area contributed by atoms with E-state index in [9.17, 15) is 9.59 Å². The molecule has 0 atom stereocenters. The van der Waals surface area contributed by atoms with Crippen molar-refractivity contribution in [3.05, 3.63) is 34.9 Å². The number of hydrogen-bond acceptors (Lipinski definition) is 2. The fourth-order valence-corrected chi connectivity index (χ4v) is 1.81. The van der Waals surface area contributed by atoms with Gasteiger partial charge in [0.1, 0.15) is 0 Å². The molecule has 1 aromatic carbocycles. The third kappa shape index (κ3) is 3.74. The highest BCUT2D eigenvalue weighted by Gasteiger charge is 2.15. The van der Waals surface area contributed by atoms with E-state index in [2.05, 4.69) is 10.9 Å². The van der Waals surface area contributed by atoms with Crippen LogP contribution in [0.25, 0.3) is 0 Å². The number of rotatable bonds is 4. The van der Waals surface area contributed by atoms with Gasteiger partial charge in [0.25, 0.3) is 5.91 Å². The molecule has 0 aliphatic rings. The van der Waals surface area contributed by atoms with E-state index < -0.39 is 5.91 Å². The van der Waals surface area contributed by atoms with Crippen molar-refractivity contribution in [1.82, 2.24) is 10.9 Å². The smallest absolute Gasteiger partial charge is 0.271 e. The van der Waals surface area contributed by atoms with Crippen molar-refractivity contribution in [2.45, 2.75) is 26.7 Å². The van der Waals surface area contributed by atoms with E-state index in [0.717, 1.165) is 12.8 Å². The highest BCUT2D eigenvalue weighted by atomic mass is 35.5. The van der Waals surface area contributed by atoms with Crippen LogP contribution in [0.5, 0.6) is 0 Å². The minimum Gasteiger partial charge on any atom is -0.273 e. The quantitative estimate of drug-likeness (QED) is 0.825. The van der Waals surface area contributed by atoms with E-state index in [1.165, 1.54) is 0 Å². The number of carbonyl (C=O) groups excluding carboxylic acids is 2. The summed E-state index contributed by atoms with van der Waals surface area (Å²) in [6, 6.07) is 6.67. The second-order valence-electron chi connectivity index (χ2n) is 3.94. The fraction of sp³-hybridized carbons (Fsp3) is 0.385. The molecule has 0 heterocycles. The minimum absolute atomic E-state index is 0.0865. The largest absolute Gasteiger partial charge is 0.273 e. The number of carbonyl (C=O) groups is 2. The van der Waals surface area contributed by atoms with Gasteiger partial charge in [-0.15, -0.1) is 0 Å². The molecule has 0 saturated carbocycles. The zero-order chi connectivity index (χ0) is 13.5. The predicted molar refractivity (Wildman–Crippen MR) is 71.1 cm³/mol. The Balaban J connectivity index is 2.57. The Morgan fingerprint density at radius 1 is 1.17 bits per heavy atom. The summed E-state index contributed by atoms with van der Waals surface area (Å²) in [5, 5.41) is 0.354. The minimum atomic E-state index is -0.417. The molecule has 5 heteroatoms. The van der Waals surface area contributed by atoms with Gasteiger partial charge in [0.05, 0.1) is 10.6 Å². The Kier molecular flexibility index (Phi) is 5.65. The van der Waals surface area contributed by atoms with Gasteiger partial charge in [0.2, 0.25) is 5.91 Å². The van der Waals surface area contributed by atoms with Gasteiger partial charge in [-0.05, 0) is 25.0 Å². The Hall–Kier alpha value is -1.55. The lowest BCUT2D eigenvalue weighted by Crippen LogP contribution is -2.44. The maximum absolute atomic E-state index is 11.8. The molecule has 2 amide bonds. The topological polar surface area (TPSA) is 58.2 Å². The SMILES string of the molecule is CCC(CC)C(=O)NNC(=O)c1ccccc1Cl. The predicted octanol–water partition coefficient (Wildman–Crippen LogP) is 2.54. The zero-order valence-electron chi connectivity index (χ0n) is 10.5. The van der Waals surface area contributed by atoms with Crippen LogP contribution in [0.15, 0.2) is 24.3 Å². The van der Waals surface area contributed by atoms with Crippen LogP contribution in [0, 0.1) is 5.92 Å². The molecule has 0 aliphatic carbocycles. The molecule has 98 valence electrons. The monoisotopic (exact) mass is 268 g/mol. The highest BCUT2D eigenvalue weighted by Crippen LogP contribution is 2.14. The van der Waals surface area contributed by atoms with E-state index in [0.29, 0.717) is 10.6 Å². The average molecular weight is 269 g/mol. The van der Waals surface area contributed by atoms with Gasteiger partial charge >= 0.3 is 0 Å². The third-order valence-corrected chi connectivity index (χ3v) is 3.10. The maximum atomic E-state index is 11.8. The Morgan fingerprint density at radius 2 is 1.78 bits per heavy atom.